The summed E-state index contributed by atoms with van der Waals surface area (Å²) in [6.45, 7) is 1.67. The van der Waals surface area contributed by atoms with Gasteiger partial charge in [0, 0.05) is 6.54 Å². The quantitative estimate of drug-likeness (QED) is 0.745. The van der Waals surface area contributed by atoms with Crippen LogP contribution in [0.4, 0.5) is 22.0 Å². The van der Waals surface area contributed by atoms with Crippen molar-refractivity contribution >= 4 is 0 Å². The number of rotatable bonds is 3. The molecule has 1 heterocycles. The van der Waals surface area contributed by atoms with Crippen LogP contribution in [-0.4, -0.2) is 20.9 Å². The summed E-state index contributed by atoms with van der Waals surface area (Å²) in [6.07, 6.45) is -4.37. The number of hydrogen-bond donors (Lipinski definition) is 0. The summed E-state index contributed by atoms with van der Waals surface area (Å²) in [5, 5.41) is 5.87. The van der Waals surface area contributed by atoms with E-state index in [4.69, 9.17) is 0 Å². The van der Waals surface area contributed by atoms with Crippen LogP contribution in [-0.2, 0) is 12.5 Å². The minimum atomic E-state index is -5.65. The van der Waals surface area contributed by atoms with Gasteiger partial charge >= 0.3 is 12.1 Å². The molecule has 0 radical (unpaired) electrons. The predicted octanol–water partition coefficient (Wildman–Crippen LogP) is 2.34. The lowest BCUT2D eigenvalue weighted by molar-refractivity contribution is -0.293. The van der Waals surface area contributed by atoms with Gasteiger partial charge in [0.25, 0.3) is 0 Å². The molecule has 8 heteroatoms. The molecule has 0 aliphatic rings. The Hall–Kier alpha value is -1.21. The average Bonchev–Trinajstić information content (AvgIpc) is 2.51. The highest BCUT2D eigenvalue weighted by Crippen LogP contribution is 2.42. The van der Waals surface area contributed by atoms with Crippen LogP contribution in [0.2, 0.25) is 0 Å². The Morgan fingerprint density at radius 3 is 2.33 bits per heavy atom. The molecule has 0 bridgehead atoms. The molecule has 3 nitrogen and oxygen atoms in total. The lowest BCUT2D eigenvalue weighted by atomic mass is 10.3. The van der Waals surface area contributed by atoms with Crippen molar-refractivity contribution in [3.63, 3.8) is 0 Å². The standard InChI is InChI=1S/C7H8F5N3/c1-2-3-15-4-13-14-5(15)6(8,9)7(10,11)12/h4H,2-3H2,1H3. The van der Waals surface area contributed by atoms with Crippen LogP contribution in [0.15, 0.2) is 6.33 Å². The van der Waals surface area contributed by atoms with Gasteiger partial charge in [-0.25, -0.2) is 0 Å². The molecule has 86 valence electrons. The van der Waals surface area contributed by atoms with Crippen LogP contribution >= 0.6 is 0 Å². The third kappa shape index (κ3) is 2.07. The zero-order chi connectivity index (χ0) is 11.7. The van der Waals surface area contributed by atoms with E-state index in [-0.39, 0.29) is 6.54 Å². The lowest BCUT2D eigenvalue weighted by Crippen LogP contribution is -2.36. The molecule has 1 rings (SSSR count). The van der Waals surface area contributed by atoms with Crippen LogP contribution in [0.25, 0.3) is 0 Å². The van der Waals surface area contributed by atoms with Gasteiger partial charge in [-0.3, -0.25) is 0 Å². The van der Waals surface area contributed by atoms with Gasteiger partial charge in [0.2, 0.25) is 5.82 Å². The largest absolute Gasteiger partial charge is 0.461 e. The van der Waals surface area contributed by atoms with E-state index in [9.17, 15) is 22.0 Å². The minimum absolute atomic E-state index is 0.0218. The Morgan fingerprint density at radius 1 is 1.27 bits per heavy atom. The molecule has 0 N–H and O–H groups in total. The monoisotopic (exact) mass is 229 g/mol. The van der Waals surface area contributed by atoms with Crippen LogP contribution in [0.3, 0.4) is 0 Å². The zero-order valence-electron chi connectivity index (χ0n) is 7.72. The molecule has 0 unspecified atom stereocenters. The van der Waals surface area contributed by atoms with Gasteiger partial charge in [-0.2, -0.15) is 22.0 Å². The van der Waals surface area contributed by atoms with E-state index in [1.165, 1.54) is 0 Å². The summed E-state index contributed by atoms with van der Waals surface area (Å²) in [6, 6.07) is 0. The Morgan fingerprint density at radius 2 is 1.87 bits per heavy atom. The summed E-state index contributed by atoms with van der Waals surface area (Å²) < 4.78 is 62.3. The van der Waals surface area contributed by atoms with E-state index in [0.29, 0.717) is 11.0 Å². The molecule has 0 aliphatic carbocycles. The van der Waals surface area contributed by atoms with Gasteiger partial charge in [-0.05, 0) is 6.42 Å². The van der Waals surface area contributed by atoms with Crippen molar-refractivity contribution in [2.45, 2.75) is 32.0 Å². The molecular weight excluding hydrogens is 221 g/mol. The van der Waals surface area contributed by atoms with Gasteiger partial charge in [0.15, 0.2) is 0 Å². The fourth-order valence-corrected chi connectivity index (χ4v) is 1.03. The Balaban J connectivity index is 3.09. The van der Waals surface area contributed by atoms with Crippen LogP contribution in [0.1, 0.15) is 19.2 Å². The third-order valence-electron chi connectivity index (χ3n) is 1.72. The first kappa shape index (κ1) is 11.9. The third-order valence-corrected chi connectivity index (χ3v) is 1.72. The number of alkyl halides is 5. The fraction of sp³-hybridized carbons (Fsp3) is 0.714. The molecular formula is C7H8F5N3. The molecule has 0 aliphatic heterocycles. The van der Waals surface area contributed by atoms with Crippen molar-refractivity contribution in [3.8, 4) is 0 Å². The van der Waals surface area contributed by atoms with Crippen molar-refractivity contribution in [3.05, 3.63) is 12.2 Å². The summed E-state index contributed by atoms with van der Waals surface area (Å²) in [4.78, 5) is 0. The van der Waals surface area contributed by atoms with E-state index >= 15 is 0 Å². The second-order valence-corrected chi connectivity index (χ2v) is 2.92. The molecule has 0 spiro atoms. The first-order valence-electron chi connectivity index (χ1n) is 4.13. The summed E-state index contributed by atoms with van der Waals surface area (Å²) in [7, 11) is 0. The first-order chi connectivity index (χ1) is 6.80. The Kier molecular flexibility index (Phi) is 2.96. The molecule has 15 heavy (non-hydrogen) atoms. The van der Waals surface area contributed by atoms with Crippen molar-refractivity contribution in [1.82, 2.24) is 14.8 Å². The molecule has 0 amide bonds. The fourth-order valence-electron chi connectivity index (χ4n) is 1.03. The number of halogens is 5. The van der Waals surface area contributed by atoms with E-state index in [2.05, 4.69) is 10.2 Å². The summed E-state index contributed by atoms with van der Waals surface area (Å²) in [5.74, 6) is -6.32. The predicted molar refractivity (Wildman–Crippen MR) is 40.3 cm³/mol. The van der Waals surface area contributed by atoms with Gasteiger partial charge in [-0.15, -0.1) is 10.2 Å². The molecule has 1 aromatic rings. The van der Waals surface area contributed by atoms with E-state index in [0.717, 1.165) is 6.33 Å². The number of hydrogen-bond acceptors (Lipinski definition) is 2. The average molecular weight is 229 g/mol. The van der Waals surface area contributed by atoms with Crippen molar-refractivity contribution in [1.29, 1.82) is 0 Å². The van der Waals surface area contributed by atoms with Gasteiger partial charge < -0.3 is 4.57 Å². The molecule has 0 fully saturated rings. The number of nitrogens with zero attached hydrogens (tertiary/aromatic N) is 3. The SMILES string of the molecule is CCCn1cnnc1C(F)(F)C(F)(F)F. The molecule has 0 saturated heterocycles. The maximum Gasteiger partial charge on any atom is 0.461 e. The second-order valence-electron chi connectivity index (χ2n) is 2.92. The van der Waals surface area contributed by atoms with Crippen LogP contribution in [0, 0.1) is 0 Å². The van der Waals surface area contributed by atoms with E-state index in [1.807, 2.05) is 0 Å². The molecule has 0 aromatic carbocycles. The topological polar surface area (TPSA) is 30.7 Å². The normalized spacial score (nSPS) is 13.2. The summed E-state index contributed by atoms with van der Waals surface area (Å²) >= 11 is 0. The van der Waals surface area contributed by atoms with Crippen molar-refractivity contribution in [2.24, 2.45) is 0 Å². The highest BCUT2D eigenvalue weighted by molar-refractivity contribution is 5.00. The zero-order valence-corrected chi connectivity index (χ0v) is 7.72. The Labute approximate surface area is 81.9 Å². The van der Waals surface area contributed by atoms with Crippen molar-refractivity contribution in [2.75, 3.05) is 0 Å². The van der Waals surface area contributed by atoms with Crippen molar-refractivity contribution < 1.29 is 22.0 Å². The second kappa shape index (κ2) is 3.74. The minimum Gasteiger partial charge on any atom is -0.312 e. The highest BCUT2D eigenvalue weighted by Gasteiger charge is 2.61. The number of aromatic nitrogens is 3. The van der Waals surface area contributed by atoms with Gasteiger partial charge in [-0.1, -0.05) is 6.92 Å². The maximum absolute atomic E-state index is 12.8. The molecule has 1 aromatic heterocycles. The van der Waals surface area contributed by atoms with Gasteiger partial charge in [0.05, 0.1) is 0 Å². The van der Waals surface area contributed by atoms with Gasteiger partial charge in [0.1, 0.15) is 6.33 Å². The Bertz CT molecular complexity index is 330. The van der Waals surface area contributed by atoms with E-state index < -0.39 is 17.9 Å². The molecule has 0 atom stereocenters. The number of aryl methyl sites for hydroxylation is 1. The van der Waals surface area contributed by atoms with Crippen LogP contribution < -0.4 is 0 Å². The smallest absolute Gasteiger partial charge is 0.312 e. The summed E-state index contributed by atoms with van der Waals surface area (Å²) in [5.41, 5.74) is 0. The van der Waals surface area contributed by atoms with E-state index in [1.54, 1.807) is 6.92 Å². The highest BCUT2D eigenvalue weighted by atomic mass is 19.4. The first-order valence-corrected chi connectivity index (χ1v) is 4.13. The molecule has 0 saturated carbocycles. The van der Waals surface area contributed by atoms with Crippen LogP contribution in [0.5, 0.6) is 0 Å². The maximum atomic E-state index is 12.8. The lowest BCUT2D eigenvalue weighted by Gasteiger charge is -2.18.